The summed E-state index contributed by atoms with van der Waals surface area (Å²) in [4.78, 5) is 21.4. The fourth-order valence-corrected chi connectivity index (χ4v) is 2.45. The summed E-state index contributed by atoms with van der Waals surface area (Å²) in [6, 6.07) is -0.878. The van der Waals surface area contributed by atoms with Crippen LogP contribution < -0.4 is 0 Å². The summed E-state index contributed by atoms with van der Waals surface area (Å²) < 4.78 is 0. The Bertz CT molecular complexity index is 283. The van der Waals surface area contributed by atoms with Crippen LogP contribution in [-0.4, -0.2) is 21.4 Å². The zero-order chi connectivity index (χ0) is 13.6. The second-order valence-electron chi connectivity index (χ2n) is 4.79. The van der Waals surface area contributed by atoms with Crippen molar-refractivity contribution < 1.29 is 9.85 Å². The van der Waals surface area contributed by atoms with Gasteiger partial charge in [-0.05, 0) is 12.8 Å². The molecule has 0 N–H and O–H groups in total. The normalized spacial score (nSPS) is 18.1. The molecule has 0 fully saturated rings. The van der Waals surface area contributed by atoms with Crippen LogP contribution in [0.3, 0.4) is 0 Å². The van der Waals surface area contributed by atoms with E-state index < -0.39 is 22.4 Å². The molecule has 3 unspecified atom stereocenters. The summed E-state index contributed by atoms with van der Waals surface area (Å²) >= 11 is 0. The highest BCUT2D eigenvalue weighted by atomic mass is 16.6. The molecule has 0 aromatic rings. The van der Waals surface area contributed by atoms with Crippen molar-refractivity contribution in [3.05, 3.63) is 20.2 Å². The van der Waals surface area contributed by atoms with Gasteiger partial charge in [-0.25, -0.2) is 0 Å². The van der Waals surface area contributed by atoms with E-state index in [9.17, 15) is 20.2 Å². The quantitative estimate of drug-likeness (QED) is 0.486. The van der Waals surface area contributed by atoms with Gasteiger partial charge in [-0.15, -0.1) is 0 Å². The average molecular weight is 246 g/mol. The van der Waals surface area contributed by atoms with Gasteiger partial charge in [-0.1, -0.05) is 20.3 Å². The lowest BCUT2D eigenvalue weighted by Gasteiger charge is -2.30. The Hall–Kier alpha value is -1.20. The van der Waals surface area contributed by atoms with Crippen LogP contribution in [-0.2, 0) is 0 Å². The first kappa shape index (κ1) is 15.8. The molecule has 0 aromatic heterocycles. The predicted molar refractivity (Wildman–Crippen MR) is 65.2 cm³/mol. The molecule has 6 heteroatoms. The Morgan fingerprint density at radius 1 is 1.18 bits per heavy atom. The molecule has 100 valence electrons. The molecular weight excluding hydrogens is 224 g/mol. The van der Waals surface area contributed by atoms with Crippen LogP contribution in [0.4, 0.5) is 0 Å². The third-order valence-corrected chi connectivity index (χ3v) is 3.49. The minimum atomic E-state index is -1.20. The molecule has 0 saturated heterocycles. The van der Waals surface area contributed by atoms with E-state index in [1.54, 1.807) is 0 Å². The van der Waals surface area contributed by atoms with Gasteiger partial charge < -0.3 is 0 Å². The molecule has 0 spiro atoms. The van der Waals surface area contributed by atoms with Gasteiger partial charge in [0.05, 0.1) is 5.92 Å². The number of nitro groups is 2. The lowest BCUT2D eigenvalue weighted by Crippen LogP contribution is -2.49. The maximum atomic E-state index is 11.2. The van der Waals surface area contributed by atoms with Gasteiger partial charge in [0.25, 0.3) is 0 Å². The third kappa shape index (κ3) is 3.64. The molecule has 6 nitrogen and oxygen atoms in total. The van der Waals surface area contributed by atoms with E-state index in [-0.39, 0.29) is 4.92 Å². The van der Waals surface area contributed by atoms with E-state index in [2.05, 4.69) is 0 Å². The molecule has 0 aliphatic carbocycles. The molecule has 3 atom stereocenters. The van der Waals surface area contributed by atoms with Crippen LogP contribution in [0.1, 0.15) is 53.4 Å². The van der Waals surface area contributed by atoms with Crippen molar-refractivity contribution in [2.24, 2.45) is 5.92 Å². The molecule has 0 heterocycles. The lowest BCUT2D eigenvalue weighted by atomic mass is 9.76. The maximum absolute atomic E-state index is 11.2. The Labute approximate surface area is 102 Å². The number of rotatable bonds is 8. The molecule has 0 aliphatic heterocycles. The van der Waals surface area contributed by atoms with Crippen LogP contribution in [0, 0.1) is 26.1 Å². The maximum Gasteiger partial charge on any atom is 0.228 e. The van der Waals surface area contributed by atoms with Crippen LogP contribution >= 0.6 is 0 Å². The standard InChI is InChI=1S/C11H22N2O4/c1-5-7-10(9(3)12(14)15)11(4,8-6-2)13(16)17/h9-10H,5-8H2,1-4H3. The largest absolute Gasteiger partial charge is 0.264 e. The second kappa shape index (κ2) is 6.51. The Kier molecular flexibility index (Phi) is 6.05. The molecule has 0 aliphatic rings. The van der Waals surface area contributed by atoms with Crippen molar-refractivity contribution in [3.63, 3.8) is 0 Å². The van der Waals surface area contributed by atoms with E-state index in [4.69, 9.17) is 0 Å². The van der Waals surface area contributed by atoms with Gasteiger partial charge in [0, 0.05) is 30.1 Å². The highest BCUT2D eigenvalue weighted by Gasteiger charge is 2.50. The summed E-state index contributed by atoms with van der Waals surface area (Å²) in [6.07, 6.45) is 2.26. The average Bonchev–Trinajstić information content (AvgIpc) is 2.24. The molecule has 0 aromatic carbocycles. The molecule has 17 heavy (non-hydrogen) atoms. The highest BCUT2D eigenvalue weighted by Crippen LogP contribution is 2.33. The Balaban J connectivity index is 5.22. The minimum absolute atomic E-state index is 0.336. The SMILES string of the molecule is CCCC(C(C)[N+](=O)[O-])C(C)(CCC)[N+](=O)[O-]. The van der Waals surface area contributed by atoms with Gasteiger partial charge in [0.2, 0.25) is 11.6 Å². The summed E-state index contributed by atoms with van der Waals surface area (Å²) in [5, 5.41) is 22.1. The first-order chi connectivity index (χ1) is 7.81. The first-order valence-corrected chi connectivity index (χ1v) is 6.09. The van der Waals surface area contributed by atoms with Crippen LogP contribution in [0.15, 0.2) is 0 Å². The van der Waals surface area contributed by atoms with Crippen molar-refractivity contribution in [1.29, 1.82) is 0 Å². The Morgan fingerprint density at radius 2 is 1.71 bits per heavy atom. The van der Waals surface area contributed by atoms with E-state index in [1.807, 2.05) is 13.8 Å². The molecule has 0 saturated carbocycles. The van der Waals surface area contributed by atoms with Gasteiger partial charge in [0.1, 0.15) is 0 Å². The number of nitrogens with zero attached hydrogens (tertiary/aromatic N) is 2. The second-order valence-corrected chi connectivity index (χ2v) is 4.79. The fraction of sp³-hybridized carbons (Fsp3) is 1.00. The van der Waals surface area contributed by atoms with Crippen molar-refractivity contribution >= 4 is 0 Å². The van der Waals surface area contributed by atoms with Crippen LogP contribution in [0.2, 0.25) is 0 Å². The highest BCUT2D eigenvalue weighted by molar-refractivity contribution is 4.86. The van der Waals surface area contributed by atoms with Gasteiger partial charge >= 0.3 is 0 Å². The van der Waals surface area contributed by atoms with E-state index in [0.29, 0.717) is 19.3 Å². The summed E-state index contributed by atoms with van der Waals surface area (Å²) in [7, 11) is 0. The summed E-state index contributed by atoms with van der Waals surface area (Å²) in [5.41, 5.74) is -1.20. The number of hydrogen-bond acceptors (Lipinski definition) is 4. The molecule has 0 amide bonds. The van der Waals surface area contributed by atoms with Crippen molar-refractivity contribution in [2.75, 3.05) is 0 Å². The first-order valence-electron chi connectivity index (χ1n) is 6.09. The minimum Gasteiger partial charge on any atom is -0.264 e. The number of hydrogen-bond donors (Lipinski definition) is 0. The van der Waals surface area contributed by atoms with Gasteiger partial charge in [0.15, 0.2) is 0 Å². The lowest BCUT2D eigenvalue weighted by molar-refractivity contribution is -0.605. The summed E-state index contributed by atoms with van der Waals surface area (Å²) in [5.74, 6) is -0.516. The molecular formula is C11H22N2O4. The fourth-order valence-electron chi connectivity index (χ4n) is 2.45. The van der Waals surface area contributed by atoms with E-state index >= 15 is 0 Å². The topological polar surface area (TPSA) is 86.3 Å². The smallest absolute Gasteiger partial charge is 0.228 e. The predicted octanol–water partition coefficient (Wildman–Crippen LogP) is 2.90. The molecule has 0 bridgehead atoms. The van der Waals surface area contributed by atoms with Crippen molar-refractivity contribution in [2.45, 2.75) is 65.0 Å². The van der Waals surface area contributed by atoms with Gasteiger partial charge in [-0.2, -0.15) is 0 Å². The summed E-state index contributed by atoms with van der Waals surface area (Å²) in [6.45, 7) is 6.77. The monoisotopic (exact) mass is 246 g/mol. The van der Waals surface area contributed by atoms with Crippen LogP contribution in [0.25, 0.3) is 0 Å². The van der Waals surface area contributed by atoms with Crippen LogP contribution in [0.5, 0.6) is 0 Å². The van der Waals surface area contributed by atoms with Crippen molar-refractivity contribution in [1.82, 2.24) is 0 Å². The Morgan fingerprint density at radius 3 is 2.00 bits per heavy atom. The zero-order valence-corrected chi connectivity index (χ0v) is 11.0. The molecule has 0 rings (SSSR count). The van der Waals surface area contributed by atoms with Gasteiger partial charge in [-0.3, -0.25) is 20.2 Å². The van der Waals surface area contributed by atoms with Crippen molar-refractivity contribution in [3.8, 4) is 0 Å². The molecule has 0 radical (unpaired) electrons. The zero-order valence-electron chi connectivity index (χ0n) is 11.0. The van der Waals surface area contributed by atoms with E-state index in [1.165, 1.54) is 13.8 Å². The van der Waals surface area contributed by atoms with E-state index in [0.717, 1.165) is 6.42 Å². The third-order valence-electron chi connectivity index (χ3n) is 3.49.